The molecule has 1 atom stereocenters. The number of hydrogen-bond donors (Lipinski definition) is 0. The lowest BCUT2D eigenvalue weighted by atomic mass is 9.90. The molecule has 0 spiro atoms. The predicted octanol–water partition coefficient (Wildman–Crippen LogP) is 3.58. The Balaban J connectivity index is 1.80. The normalized spacial score (nSPS) is 18.8. The SMILES string of the molecule is O=C(c1ccco1)N1CCC[C@@H](c2cc(F)ccc2F)C1. The van der Waals surface area contributed by atoms with E-state index in [0.29, 0.717) is 18.7 Å². The summed E-state index contributed by atoms with van der Waals surface area (Å²) in [6.45, 7) is 0.979. The molecule has 0 aliphatic carbocycles. The van der Waals surface area contributed by atoms with E-state index in [4.69, 9.17) is 4.42 Å². The molecular weight excluding hydrogens is 276 g/mol. The van der Waals surface area contributed by atoms with Crippen molar-refractivity contribution >= 4 is 5.91 Å². The Morgan fingerprint density at radius 2 is 2.14 bits per heavy atom. The molecule has 1 aromatic carbocycles. The van der Waals surface area contributed by atoms with Gasteiger partial charge in [0, 0.05) is 19.0 Å². The molecule has 0 N–H and O–H groups in total. The zero-order valence-corrected chi connectivity index (χ0v) is 11.4. The maximum absolute atomic E-state index is 13.9. The highest BCUT2D eigenvalue weighted by atomic mass is 19.1. The van der Waals surface area contributed by atoms with Crippen molar-refractivity contribution in [2.24, 2.45) is 0 Å². The van der Waals surface area contributed by atoms with Crippen LogP contribution in [0.3, 0.4) is 0 Å². The van der Waals surface area contributed by atoms with Crippen molar-refractivity contribution in [2.75, 3.05) is 13.1 Å². The lowest BCUT2D eigenvalue weighted by Gasteiger charge is -2.32. The zero-order chi connectivity index (χ0) is 14.8. The van der Waals surface area contributed by atoms with Crippen molar-refractivity contribution < 1.29 is 18.0 Å². The van der Waals surface area contributed by atoms with E-state index in [1.54, 1.807) is 17.0 Å². The van der Waals surface area contributed by atoms with Crippen molar-refractivity contribution in [3.8, 4) is 0 Å². The van der Waals surface area contributed by atoms with Crippen LogP contribution < -0.4 is 0 Å². The molecule has 110 valence electrons. The summed E-state index contributed by atoms with van der Waals surface area (Å²) in [5.74, 6) is -1.00. The van der Waals surface area contributed by atoms with Gasteiger partial charge in [0.1, 0.15) is 11.6 Å². The number of carbonyl (C=O) groups excluding carboxylic acids is 1. The monoisotopic (exact) mass is 291 g/mol. The average molecular weight is 291 g/mol. The van der Waals surface area contributed by atoms with E-state index in [-0.39, 0.29) is 17.6 Å². The summed E-state index contributed by atoms with van der Waals surface area (Å²) < 4.78 is 32.3. The number of carbonyl (C=O) groups is 1. The second kappa shape index (κ2) is 5.68. The van der Waals surface area contributed by atoms with Crippen LogP contribution in [0.4, 0.5) is 8.78 Å². The molecule has 1 aromatic heterocycles. The molecule has 0 radical (unpaired) electrons. The molecule has 1 saturated heterocycles. The topological polar surface area (TPSA) is 33.5 Å². The molecule has 21 heavy (non-hydrogen) atoms. The Hall–Kier alpha value is -2.17. The fourth-order valence-corrected chi connectivity index (χ4v) is 2.80. The van der Waals surface area contributed by atoms with Crippen LogP contribution in [0.2, 0.25) is 0 Å². The van der Waals surface area contributed by atoms with Crippen molar-refractivity contribution in [3.63, 3.8) is 0 Å². The molecule has 2 aromatic rings. The van der Waals surface area contributed by atoms with Crippen molar-refractivity contribution in [3.05, 3.63) is 59.6 Å². The standard InChI is InChI=1S/C16H15F2NO2/c17-12-5-6-14(18)13(9-12)11-3-1-7-19(10-11)16(20)15-4-2-8-21-15/h2,4-6,8-9,11H,1,3,7,10H2/t11-/m1/s1. The van der Waals surface area contributed by atoms with Crippen molar-refractivity contribution in [1.29, 1.82) is 0 Å². The Labute approximate surface area is 121 Å². The summed E-state index contributed by atoms with van der Waals surface area (Å²) in [5, 5.41) is 0. The summed E-state index contributed by atoms with van der Waals surface area (Å²) in [5.41, 5.74) is 0.340. The molecule has 3 rings (SSSR count). The zero-order valence-electron chi connectivity index (χ0n) is 11.4. The van der Waals surface area contributed by atoms with Crippen LogP contribution >= 0.6 is 0 Å². The Bertz CT molecular complexity index is 640. The highest BCUT2D eigenvalue weighted by Crippen LogP contribution is 2.30. The Morgan fingerprint density at radius 3 is 2.90 bits per heavy atom. The third-order valence-electron chi connectivity index (χ3n) is 3.84. The van der Waals surface area contributed by atoms with E-state index in [2.05, 4.69) is 0 Å². The summed E-state index contributed by atoms with van der Waals surface area (Å²) in [4.78, 5) is 13.9. The van der Waals surface area contributed by atoms with Gasteiger partial charge in [0.25, 0.3) is 5.91 Å². The number of rotatable bonds is 2. The largest absolute Gasteiger partial charge is 0.459 e. The van der Waals surface area contributed by atoms with Gasteiger partial charge in [-0.2, -0.15) is 0 Å². The maximum atomic E-state index is 13.9. The molecule has 2 heterocycles. The number of halogens is 2. The van der Waals surface area contributed by atoms with E-state index >= 15 is 0 Å². The fourth-order valence-electron chi connectivity index (χ4n) is 2.80. The molecule has 1 aliphatic rings. The van der Waals surface area contributed by atoms with Crippen LogP contribution in [0.15, 0.2) is 41.0 Å². The van der Waals surface area contributed by atoms with Crippen LogP contribution in [-0.4, -0.2) is 23.9 Å². The third-order valence-corrected chi connectivity index (χ3v) is 3.84. The number of likely N-dealkylation sites (tertiary alicyclic amines) is 1. The van der Waals surface area contributed by atoms with E-state index in [1.165, 1.54) is 12.3 Å². The number of hydrogen-bond acceptors (Lipinski definition) is 2. The van der Waals surface area contributed by atoms with E-state index in [9.17, 15) is 13.6 Å². The summed E-state index contributed by atoms with van der Waals surface area (Å²) in [6.07, 6.45) is 2.94. The predicted molar refractivity (Wildman–Crippen MR) is 72.9 cm³/mol. The molecule has 1 fully saturated rings. The minimum absolute atomic E-state index is 0.187. The van der Waals surface area contributed by atoms with Gasteiger partial charge >= 0.3 is 0 Å². The van der Waals surface area contributed by atoms with Crippen molar-refractivity contribution in [1.82, 2.24) is 4.90 Å². The number of piperidine rings is 1. The number of benzene rings is 1. The Kier molecular flexibility index (Phi) is 3.73. The first-order valence-electron chi connectivity index (χ1n) is 6.93. The van der Waals surface area contributed by atoms with E-state index in [0.717, 1.165) is 25.0 Å². The minimum atomic E-state index is -0.458. The van der Waals surface area contributed by atoms with Gasteiger partial charge in [-0.05, 0) is 48.7 Å². The molecular formula is C16H15F2NO2. The summed E-state index contributed by atoms with van der Waals surface area (Å²) >= 11 is 0. The third kappa shape index (κ3) is 2.82. The summed E-state index contributed by atoms with van der Waals surface area (Å²) in [6, 6.07) is 6.72. The molecule has 5 heteroatoms. The first-order chi connectivity index (χ1) is 10.1. The molecule has 1 aliphatic heterocycles. The smallest absolute Gasteiger partial charge is 0.289 e. The lowest BCUT2D eigenvalue weighted by molar-refractivity contribution is 0.0673. The molecule has 0 bridgehead atoms. The lowest BCUT2D eigenvalue weighted by Crippen LogP contribution is -2.39. The van der Waals surface area contributed by atoms with Crippen LogP contribution in [0.5, 0.6) is 0 Å². The van der Waals surface area contributed by atoms with Gasteiger partial charge in [0.15, 0.2) is 5.76 Å². The average Bonchev–Trinajstić information content (AvgIpc) is 3.03. The number of nitrogens with zero attached hydrogens (tertiary/aromatic N) is 1. The van der Waals surface area contributed by atoms with E-state index in [1.807, 2.05) is 0 Å². The highest BCUT2D eigenvalue weighted by molar-refractivity contribution is 5.91. The number of furan rings is 1. The van der Waals surface area contributed by atoms with Crippen LogP contribution in [0.25, 0.3) is 0 Å². The first kappa shape index (κ1) is 13.8. The minimum Gasteiger partial charge on any atom is -0.459 e. The van der Waals surface area contributed by atoms with Crippen LogP contribution in [0, 0.1) is 11.6 Å². The molecule has 1 amide bonds. The van der Waals surface area contributed by atoms with Gasteiger partial charge in [0.2, 0.25) is 0 Å². The van der Waals surface area contributed by atoms with Crippen molar-refractivity contribution in [2.45, 2.75) is 18.8 Å². The van der Waals surface area contributed by atoms with Gasteiger partial charge in [-0.1, -0.05) is 0 Å². The van der Waals surface area contributed by atoms with Gasteiger partial charge in [-0.3, -0.25) is 4.79 Å². The Morgan fingerprint density at radius 1 is 1.29 bits per heavy atom. The molecule has 0 unspecified atom stereocenters. The quantitative estimate of drug-likeness (QED) is 0.847. The first-order valence-corrected chi connectivity index (χ1v) is 6.93. The van der Waals surface area contributed by atoms with Gasteiger partial charge in [-0.15, -0.1) is 0 Å². The number of amides is 1. The van der Waals surface area contributed by atoms with Gasteiger partial charge in [-0.25, -0.2) is 8.78 Å². The summed E-state index contributed by atoms with van der Waals surface area (Å²) in [7, 11) is 0. The molecule has 0 saturated carbocycles. The highest BCUT2D eigenvalue weighted by Gasteiger charge is 2.28. The van der Waals surface area contributed by atoms with Crippen LogP contribution in [0.1, 0.15) is 34.9 Å². The molecule has 3 nitrogen and oxygen atoms in total. The second-order valence-electron chi connectivity index (χ2n) is 5.23. The van der Waals surface area contributed by atoms with Crippen LogP contribution in [-0.2, 0) is 0 Å². The van der Waals surface area contributed by atoms with Gasteiger partial charge in [0.05, 0.1) is 6.26 Å². The van der Waals surface area contributed by atoms with Gasteiger partial charge < -0.3 is 9.32 Å². The van der Waals surface area contributed by atoms with E-state index < -0.39 is 11.6 Å². The second-order valence-corrected chi connectivity index (χ2v) is 5.23. The maximum Gasteiger partial charge on any atom is 0.289 e. The fraction of sp³-hybridized carbons (Fsp3) is 0.312.